The zero-order chi connectivity index (χ0) is 12.9. The molecule has 4 nitrogen and oxygen atoms in total. The molecule has 0 heterocycles. The summed E-state index contributed by atoms with van der Waals surface area (Å²) in [5.74, 6) is -0.247. The predicted molar refractivity (Wildman–Crippen MR) is 67.3 cm³/mol. The first-order valence-electron chi connectivity index (χ1n) is 5.77. The van der Waals surface area contributed by atoms with Gasteiger partial charge in [-0.1, -0.05) is 37.3 Å². The van der Waals surface area contributed by atoms with Gasteiger partial charge in [0, 0.05) is 0 Å². The van der Waals surface area contributed by atoms with Gasteiger partial charge in [0.2, 0.25) is 5.91 Å². The van der Waals surface area contributed by atoms with Crippen molar-refractivity contribution in [2.75, 3.05) is 6.61 Å². The van der Waals surface area contributed by atoms with Gasteiger partial charge in [-0.05, 0) is 18.9 Å². The minimum absolute atomic E-state index is 0.143. The van der Waals surface area contributed by atoms with Crippen molar-refractivity contribution in [3.05, 3.63) is 35.9 Å². The van der Waals surface area contributed by atoms with Gasteiger partial charge in [0.05, 0.1) is 18.2 Å². The van der Waals surface area contributed by atoms with Crippen molar-refractivity contribution in [1.29, 1.82) is 0 Å². The number of nitrogens with one attached hydrogen (secondary N) is 1. The number of aliphatic hydroxyl groups excluding tert-OH is 1. The lowest BCUT2D eigenvalue weighted by atomic mass is 9.98. The van der Waals surface area contributed by atoms with Crippen LogP contribution in [0.5, 0.6) is 0 Å². The highest BCUT2D eigenvalue weighted by Crippen LogP contribution is 2.14. The van der Waals surface area contributed by atoms with Gasteiger partial charge in [-0.3, -0.25) is 4.79 Å². The maximum absolute atomic E-state index is 11.9. The Hall–Kier alpha value is -1.39. The van der Waals surface area contributed by atoms with Crippen LogP contribution in [-0.4, -0.2) is 23.2 Å². The van der Waals surface area contributed by atoms with Gasteiger partial charge in [0.1, 0.15) is 0 Å². The fourth-order valence-electron chi connectivity index (χ4n) is 1.40. The van der Waals surface area contributed by atoms with Crippen LogP contribution < -0.4 is 11.1 Å². The quantitative estimate of drug-likeness (QED) is 0.713. The monoisotopic (exact) mass is 236 g/mol. The highest BCUT2D eigenvalue weighted by atomic mass is 16.3. The van der Waals surface area contributed by atoms with Crippen LogP contribution in [0, 0.1) is 0 Å². The number of carbonyl (C=O) groups is 1. The first-order valence-corrected chi connectivity index (χ1v) is 5.77. The highest BCUT2D eigenvalue weighted by Gasteiger charge is 2.28. The molecular weight excluding hydrogens is 216 g/mol. The standard InChI is InChI=1S/C13H20N2O2/c1-3-13(2,14)12(17)15-11(9-16)10-7-5-4-6-8-10/h4-8,11,16H,3,9,14H2,1-2H3,(H,15,17). The molecule has 0 saturated heterocycles. The average Bonchev–Trinajstić information content (AvgIpc) is 2.36. The number of hydrogen-bond donors (Lipinski definition) is 3. The van der Waals surface area contributed by atoms with Crippen LogP contribution in [0.4, 0.5) is 0 Å². The van der Waals surface area contributed by atoms with Crippen molar-refractivity contribution in [3.8, 4) is 0 Å². The first kappa shape index (κ1) is 13.7. The number of carbonyl (C=O) groups excluding carboxylic acids is 1. The van der Waals surface area contributed by atoms with Crippen molar-refractivity contribution >= 4 is 5.91 Å². The number of amides is 1. The molecule has 0 radical (unpaired) electrons. The summed E-state index contributed by atoms with van der Waals surface area (Å²) >= 11 is 0. The van der Waals surface area contributed by atoms with E-state index in [4.69, 9.17) is 5.73 Å². The third-order valence-corrected chi connectivity index (χ3v) is 2.94. The Balaban J connectivity index is 2.75. The zero-order valence-corrected chi connectivity index (χ0v) is 10.3. The Kier molecular flexibility index (Phi) is 4.66. The van der Waals surface area contributed by atoms with Crippen LogP contribution in [0.15, 0.2) is 30.3 Å². The fraction of sp³-hybridized carbons (Fsp3) is 0.462. The molecule has 1 rings (SSSR count). The number of nitrogens with two attached hydrogens (primary N) is 1. The Morgan fingerprint density at radius 2 is 2.06 bits per heavy atom. The molecule has 2 atom stereocenters. The van der Waals surface area contributed by atoms with E-state index in [1.165, 1.54) is 0 Å². The summed E-state index contributed by atoms with van der Waals surface area (Å²) in [6.07, 6.45) is 0.547. The minimum atomic E-state index is -0.901. The third-order valence-electron chi connectivity index (χ3n) is 2.94. The van der Waals surface area contributed by atoms with E-state index < -0.39 is 11.6 Å². The Morgan fingerprint density at radius 3 is 2.53 bits per heavy atom. The second-order valence-electron chi connectivity index (χ2n) is 4.39. The number of aliphatic hydroxyl groups is 1. The molecule has 94 valence electrons. The lowest BCUT2D eigenvalue weighted by Gasteiger charge is -2.25. The molecule has 1 aromatic carbocycles. The maximum Gasteiger partial charge on any atom is 0.240 e. The van der Waals surface area contributed by atoms with Gasteiger partial charge in [-0.2, -0.15) is 0 Å². The fourth-order valence-corrected chi connectivity index (χ4v) is 1.40. The minimum Gasteiger partial charge on any atom is -0.394 e. The second kappa shape index (κ2) is 5.80. The molecule has 17 heavy (non-hydrogen) atoms. The largest absolute Gasteiger partial charge is 0.394 e. The summed E-state index contributed by atoms with van der Waals surface area (Å²) in [7, 11) is 0. The van der Waals surface area contributed by atoms with Crippen molar-refractivity contribution in [1.82, 2.24) is 5.32 Å². The van der Waals surface area contributed by atoms with Crippen molar-refractivity contribution in [3.63, 3.8) is 0 Å². The summed E-state index contributed by atoms with van der Waals surface area (Å²) in [4.78, 5) is 11.9. The molecular formula is C13H20N2O2. The topological polar surface area (TPSA) is 75.4 Å². The SMILES string of the molecule is CCC(C)(N)C(=O)NC(CO)c1ccccc1. The van der Waals surface area contributed by atoms with Crippen LogP contribution in [0.3, 0.4) is 0 Å². The highest BCUT2D eigenvalue weighted by molar-refractivity contribution is 5.85. The first-order chi connectivity index (χ1) is 8.01. The van der Waals surface area contributed by atoms with Crippen molar-refractivity contribution in [2.45, 2.75) is 31.8 Å². The number of hydrogen-bond acceptors (Lipinski definition) is 3. The van der Waals surface area contributed by atoms with Gasteiger partial charge in [0.25, 0.3) is 0 Å². The van der Waals surface area contributed by atoms with E-state index in [-0.39, 0.29) is 12.5 Å². The van der Waals surface area contributed by atoms with Crippen molar-refractivity contribution < 1.29 is 9.90 Å². The van der Waals surface area contributed by atoms with E-state index in [1.54, 1.807) is 6.92 Å². The average molecular weight is 236 g/mol. The van der Waals surface area contributed by atoms with Gasteiger partial charge in [-0.15, -0.1) is 0 Å². The van der Waals surface area contributed by atoms with Gasteiger partial charge in [0.15, 0.2) is 0 Å². The Morgan fingerprint density at radius 1 is 1.47 bits per heavy atom. The van der Waals surface area contributed by atoms with E-state index >= 15 is 0 Å². The molecule has 4 heteroatoms. The van der Waals surface area contributed by atoms with Crippen molar-refractivity contribution in [2.24, 2.45) is 5.73 Å². The molecule has 0 spiro atoms. The molecule has 0 bridgehead atoms. The van der Waals surface area contributed by atoms with Crippen LogP contribution in [0.25, 0.3) is 0 Å². The summed E-state index contributed by atoms with van der Waals surface area (Å²) in [5.41, 5.74) is 5.82. The summed E-state index contributed by atoms with van der Waals surface area (Å²) in [5, 5.41) is 12.1. The second-order valence-corrected chi connectivity index (χ2v) is 4.39. The molecule has 0 saturated carbocycles. The Labute approximate surface area is 102 Å². The Bertz CT molecular complexity index is 363. The van der Waals surface area contributed by atoms with Crippen LogP contribution in [-0.2, 0) is 4.79 Å². The van der Waals surface area contributed by atoms with E-state index in [1.807, 2.05) is 37.3 Å². The number of benzene rings is 1. The van der Waals surface area contributed by atoms with E-state index in [2.05, 4.69) is 5.32 Å². The van der Waals surface area contributed by atoms with E-state index in [0.717, 1.165) is 5.56 Å². The molecule has 0 aromatic heterocycles. The molecule has 1 amide bonds. The van der Waals surface area contributed by atoms with Gasteiger partial charge in [-0.25, -0.2) is 0 Å². The number of rotatable bonds is 5. The van der Waals surface area contributed by atoms with Gasteiger partial charge < -0.3 is 16.2 Å². The third kappa shape index (κ3) is 3.54. The molecule has 1 aromatic rings. The smallest absolute Gasteiger partial charge is 0.240 e. The molecule has 0 aliphatic carbocycles. The maximum atomic E-state index is 11.9. The van der Waals surface area contributed by atoms with Gasteiger partial charge >= 0.3 is 0 Å². The summed E-state index contributed by atoms with van der Waals surface area (Å²) in [6, 6.07) is 8.94. The lowest BCUT2D eigenvalue weighted by molar-refractivity contribution is -0.127. The summed E-state index contributed by atoms with van der Waals surface area (Å²) < 4.78 is 0. The predicted octanol–water partition coefficient (Wildman–Crippen LogP) is 0.964. The van der Waals surface area contributed by atoms with E-state index in [0.29, 0.717) is 6.42 Å². The van der Waals surface area contributed by atoms with Crippen LogP contribution >= 0.6 is 0 Å². The van der Waals surface area contributed by atoms with Crippen LogP contribution in [0.2, 0.25) is 0 Å². The van der Waals surface area contributed by atoms with E-state index in [9.17, 15) is 9.90 Å². The molecule has 4 N–H and O–H groups in total. The molecule has 0 aliphatic rings. The van der Waals surface area contributed by atoms with Crippen LogP contribution in [0.1, 0.15) is 31.9 Å². The normalized spacial score (nSPS) is 16.0. The molecule has 0 fully saturated rings. The molecule has 0 aliphatic heterocycles. The lowest BCUT2D eigenvalue weighted by Crippen LogP contribution is -2.52. The molecule has 2 unspecified atom stereocenters. The summed E-state index contributed by atoms with van der Waals surface area (Å²) in [6.45, 7) is 3.40. The zero-order valence-electron chi connectivity index (χ0n) is 10.3.